The summed E-state index contributed by atoms with van der Waals surface area (Å²) in [7, 11) is 0. The van der Waals surface area contributed by atoms with Gasteiger partial charge in [0.15, 0.2) is 0 Å². The van der Waals surface area contributed by atoms with Crippen molar-refractivity contribution in [3.63, 3.8) is 0 Å². The van der Waals surface area contributed by atoms with Gasteiger partial charge in [0.25, 0.3) is 5.91 Å². The Hall–Kier alpha value is -2.53. The Morgan fingerprint density at radius 3 is 2.65 bits per heavy atom. The van der Waals surface area contributed by atoms with Gasteiger partial charge in [-0.15, -0.1) is 11.3 Å². The molecule has 0 radical (unpaired) electrons. The third-order valence-corrected chi connectivity index (χ3v) is 4.39. The van der Waals surface area contributed by atoms with Gasteiger partial charge < -0.3 is 5.32 Å². The molecular weight excluding hydrogens is 311 g/mol. The van der Waals surface area contributed by atoms with Crippen molar-refractivity contribution in [3.8, 4) is 10.6 Å². The van der Waals surface area contributed by atoms with Crippen LogP contribution in [0.15, 0.2) is 53.9 Å². The standard InChI is InChI=1S/C18H15FN2OS/c1-12-4-2-3-5-16(12)18-21-15(11-23-18)10-20-17(22)13-6-8-14(19)9-7-13/h2-9,11H,10H2,1H3,(H,20,22). The number of benzene rings is 2. The molecule has 1 aromatic heterocycles. The summed E-state index contributed by atoms with van der Waals surface area (Å²) in [6.45, 7) is 2.39. The van der Waals surface area contributed by atoms with Gasteiger partial charge in [-0.25, -0.2) is 9.37 Å². The lowest BCUT2D eigenvalue weighted by molar-refractivity contribution is 0.0950. The van der Waals surface area contributed by atoms with Gasteiger partial charge in [0.1, 0.15) is 10.8 Å². The van der Waals surface area contributed by atoms with Gasteiger partial charge in [0.05, 0.1) is 12.2 Å². The Bertz CT molecular complexity index is 827. The fourth-order valence-electron chi connectivity index (χ4n) is 2.20. The van der Waals surface area contributed by atoms with E-state index in [1.54, 1.807) is 11.3 Å². The van der Waals surface area contributed by atoms with E-state index in [0.29, 0.717) is 12.1 Å². The molecular formula is C18H15FN2OS. The molecule has 0 aliphatic heterocycles. The van der Waals surface area contributed by atoms with E-state index in [2.05, 4.69) is 10.3 Å². The second-order valence-corrected chi connectivity index (χ2v) is 6.01. The minimum absolute atomic E-state index is 0.240. The predicted molar refractivity (Wildman–Crippen MR) is 89.9 cm³/mol. The van der Waals surface area contributed by atoms with Crippen molar-refractivity contribution in [1.82, 2.24) is 10.3 Å². The van der Waals surface area contributed by atoms with Crippen LogP contribution >= 0.6 is 11.3 Å². The number of thiazole rings is 1. The summed E-state index contributed by atoms with van der Waals surface area (Å²) in [6.07, 6.45) is 0. The molecule has 3 rings (SSSR count). The molecule has 1 heterocycles. The highest BCUT2D eigenvalue weighted by Crippen LogP contribution is 2.26. The lowest BCUT2D eigenvalue weighted by Gasteiger charge is -2.03. The molecule has 3 aromatic rings. The van der Waals surface area contributed by atoms with Crippen LogP contribution in [-0.2, 0) is 6.54 Å². The molecule has 0 aliphatic rings. The second kappa shape index (κ2) is 6.71. The maximum absolute atomic E-state index is 12.9. The van der Waals surface area contributed by atoms with Gasteiger partial charge >= 0.3 is 0 Å². The van der Waals surface area contributed by atoms with Crippen LogP contribution < -0.4 is 5.32 Å². The highest BCUT2D eigenvalue weighted by atomic mass is 32.1. The first-order chi connectivity index (χ1) is 11.1. The van der Waals surface area contributed by atoms with E-state index >= 15 is 0 Å². The number of rotatable bonds is 4. The summed E-state index contributed by atoms with van der Waals surface area (Å²) in [5.74, 6) is -0.598. The summed E-state index contributed by atoms with van der Waals surface area (Å²) < 4.78 is 12.9. The van der Waals surface area contributed by atoms with Crippen LogP contribution in [0.2, 0.25) is 0 Å². The average molecular weight is 326 g/mol. The van der Waals surface area contributed by atoms with Crippen LogP contribution in [0.1, 0.15) is 21.6 Å². The van der Waals surface area contributed by atoms with Crippen LogP contribution in [0.5, 0.6) is 0 Å². The van der Waals surface area contributed by atoms with Gasteiger partial charge in [-0.2, -0.15) is 0 Å². The van der Waals surface area contributed by atoms with Crippen LogP contribution in [-0.4, -0.2) is 10.9 Å². The zero-order chi connectivity index (χ0) is 16.2. The SMILES string of the molecule is Cc1ccccc1-c1nc(CNC(=O)c2ccc(F)cc2)cs1. The van der Waals surface area contributed by atoms with E-state index in [4.69, 9.17) is 0 Å². The van der Waals surface area contributed by atoms with Gasteiger partial charge in [0, 0.05) is 16.5 Å². The maximum atomic E-state index is 12.9. The molecule has 2 aromatic carbocycles. The Balaban J connectivity index is 1.67. The zero-order valence-electron chi connectivity index (χ0n) is 12.5. The minimum atomic E-state index is -0.357. The molecule has 23 heavy (non-hydrogen) atoms. The van der Waals surface area contributed by atoms with Crippen molar-refractivity contribution in [2.75, 3.05) is 0 Å². The van der Waals surface area contributed by atoms with Crippen molar-refractivity contribution in [2.45, 2.75) is 13.5 Å². The number of hydrogen-bond acceptors (Lipinski definition) is 3. The smallest absolute Gasteiger partial charge is 0.251 e. The summed E-state index contributed by atoms with van der Waals surface area (Å²) >= 11 is 1.55. The predicted octanol–water partition coefficient (Wildman–Crippen LogP) is 4.19. The van der Waals surface area contributed by atoms with Crippen molar-refractivity contribution >= 4 is 17.2 Å². The molecule has 0 unspecified atom stereocenters. The average Bonchev–Trinajstić information content (AvgIpc) is 3.02. The molecule has 1 N–H and O–H groups in total. The Kier molecular flexibility index (Phi) is 4.48. The van der Waals surface area contributed by atoms with Crippen molar-refractivity contribution in [1.29, 1.82) is 0 Å². The number of aromatic nitrogens is 1. The van der Waals surface area contributed by atoms with Crippen LogP contribution in [0.25, 0.3) is 10.6 Å². The minimum Gasteiger partial charge on any atom is -0.346 e. The topological polar surface area (TPSA) is 42.0 Å². The molecule has 0 aliphatic carbocycles. The van der Waals surface area contributed by atoms with Crippen LogP contribution in [0.4, 0.5) is 4.39 Å². The number of aryl methyl sites for hydroxylation is 1. The summed E-state index contributed by atoms with van der Waals surface area (Å²) in [4.78, 5) is 16.6. The van der Waals surface area contributed by atoms with Crippen molar-refractivity contribution in [3.05, 3.63) is 76.5 Å². The number of carbonyl (C=O) groups excluding carboxylic acids is 1. The van der Waals surface area contributed by atoms with Gasteiger partial charge in [-0.05, 0) is 36.8 Å². The first kappa shape index (κ1) is 15.4. The quantitative estimate of drug-likeness (QED) is 0.781. The highest BCUT2D eigenvalue weighted by molar-refractivity contribution is 7.13. The highest BCUT2D eigenvalue weighted by Gasteiger charge is 2.09. The van der Waals surface area contributed by atoms with Gasteiger partial charge in [-0.3, -0.25) is 4.79 Å². The van der Waals surface area contributed by atoms with E-state index in [1.807, 2.05) is 36.6 Å². The molecule has 0 spiro atoms. The van der Waals surface area contributed by atoms with Gasteiger partial charge in [0.2, 0.25) is 0 Å². The number of halogens is 1. The molecule has 116 valence electrons. The number of nitrogens with one attached hydrogen (secondary N) is 1. The van der Waals surface area contributed by atoms with E-state index in [1.165, 1.54) is 29.8 Å². The fourth-order valence-corrected chi connectivity index (χ4v) is 3.11. The summed E-state index contributed by atoms with van der Waals surface area (Å²) in [5, 5.41) is 5.67. The van der Waals surface area contributed by atoms with E-state index in [9.17, 15) is 9.18 Å². The molecule has 5 heteroatoms. The molecule has 0 saturated carbocycles. The van der Waals surface area contributed by atoms with Crippen LogP contribution in [0.3, 0.4) is 0 Å². The lowest BCUT2D eigenvalue weighted by Crippen LogP contribution is -2.22. The number of hydrogen-bond donors (Lipinski definition) is 1. The van der Waals surface area contributed by atoms with Crippen molar-refractivity contribution < 1.29 is 9.18 Å². The molecule has 1 amide bonds. The Morgan fingerprint density at radius 2 is 1.91 bits per heavy atom. The monoisotopic (exact) mass is 326 g/mol. The number of amides is 1. The van der Waals surface area contributed by atoms with E-state index in [-0.39, 0.29) is 11.7 Å². The van der Waals surface area contributed by atoms with Gasteiger partial charge in [-0.1, -0.05) is 24.3 Å². The third-order valence-electron chi connectivity index (χ3n) is 3.46. The first-order valence-electron chi connectivity index (χ1n) is 7.17. The Morgan fingerprint density at radius 1 is 1.17 bits per heavy atom. The van der Waals surface area contributed by atoms with E-state index in [0.717, 1.165) is 16.3 Å². The van der Waals surface area contributed by atoms with Crippen molar-refractivity contribution in [2.24, 2.45) is 0 Å². The summed E-state index contributed by atoms with van der Waals surface area (Å²) in [5.41, 5.74) is 3.52. The summed E-state index contributed by atoms with van der Waals surface area (Å²) in [6, 6.07) is 13.5. The zero-order valence-corrected chi connectivity index (χ0v) is 13.4. The molecule has 0 saturated heterocycles. The van der Waals surface area contributed by atoms with E-state index < -0.39 is 0 Å². The molecule has 3 nitrogen and oxygen atoms in total. The Labute approximate surface area is 137 Å². The fraction of sp³-hybridized carbons (Fsp3) is 0.111. The maximum Gasteiger partial charge on any atom is 0.251 e. The van der Waals surface area contributed by atoms with Crippen LogP contribution in [0, 0.1) is 12.7 Å². The number of nitrogens with zero attached hydrogens (tertiary/aromatic N) is 1. The first-order valence-corrected chi connectivity index (χ1v) is 8.05. The third kappa shape index (κ3) is 3.63. The number of carbonyl (C=O) groups is 1. The largest absolute Gasteiger partial charge is 0.346 e. The molecule has 0 fully saturated rings. The lowest BCUT2D eigenvalue weighted by atomic mass is 10.1. The second-order valence-electron chi connectivity index (χ2n) is 5.15. The molecule has 0 atom stereocenters. The molecule has 0 bridgehead atoms. The normalized spacial score (nSPS) is 10.5.